The quantitative estimate of drug-likeness (QED) is 0.309. The van der Waals surface area contributed by atoms with Gasteiger partial charge in [0.2, 0.25) is 14.8 Å². The van der Waals surface area contributed by atoms with Gasteiger partial charge < -0.3 is 0 Å². The molecule has 0 aliphatic carbocycles. The van der Waals surface area contributed by atoms with Crippen LogP contribution in [-0.4, -0.2) is 26.6 Å². The lowest BCUT2D eigenvalue weighted by molar-refractivity contribution is -2.00. The van der Waals surface area contributed by atoms with Crippen LogP contribution in [0, 0.1) is 31.0 Å². The van der Waals surface area contributed by atoms with Crippen molar-refractivity contribution >= 4 is 31.4 Å². The maximum Gasteiger partial charge on any atom is 0.285 e. The first kappa shape index (κ1) is 28.0. The second-order valence-electron chi connectivity index (χ2n) is 6.91. The van der Waals surface area contributed by atoms with Gasteiger partial charge in [0, 0.05) is 45.2 Å². The summed E-state index contributed by atoms with van der Waals surface area (Å²) in [7, 11) is -11.7. The fourth-order valence-corrected chi connectivity index (χ4v) is 5.73. The number of hydrogen-bond acceptors (Lipinski definition) is 10. The molecule has 2 heterocycles. The van der Waals surface area contributed by atoms with Gasteiger partial charge in [-0.25, -0.2) is 36.9 Å². The molecule has 2 N–H and O–H groups in total. The van der Waals surface area contributed by atoms with Crippen molar-refractivity contribution in [2.45, 2.75) is 30.0 Å². The van der Waals surface area contributed by atoms with E-state index in [0.717, 1.165) is 27.3 Å². The molecule has 0 spiro atoms. The number of benzene rings is 1. The Bertz CT molecular complexity index is 1450. The van der Waals surface area contributed by atoms with E-state index in [0.29, 0.717) is 11.3 Å². The van der Waals surface area contributed by atoms with Gasteiger partial charge >= 0.3 is 0 Å². The zero-order chi connectivity index (χ0) is 26.1. The Morgan fingerprint density at radius 3 is 1.88 bits per heavy atom. The summed E-state index contributed by atoms with van der Waals surface area (Å²) in [5.41, 5.74) is 4.01. The number of hydrogen-bond donors (Lipinski definition) is 1. The summed E-state index contributed by atoms with van der Waals surface area (Å²) in [5, 5.41) is 8.73. The summed E-state index contributed by atoms with van der Waals surface area (Å²) >= 11 is 0.582. The predicted octanol–water partition coefficient (Wildman–Crippen LogP) is -4.14. The SMILES string of the molecule is Cc1cc(C)[n+](-c2ccc(S(=O)(=O)/N=c3\sc(S(N)(=O)=O)nn3C)cc2)c(C)c1.[O-][Cl+3]([O-])([O-])[O-]. The van der Waals surface area contributed by atoms with Crippen molar-refractivity contribution in [3.05, 3.63) is 58.2 Å². The van der Waals surface area contributed by atoms with Crippen LogP contribution in [0.2, 0.25) is 0 Å². The van der Waals surface area contributed by atoms with Crippen LogP contribution in [0.1, 0.15) is 17.0 Å². The average molecular weight is 554 g/mol. The first-order valence-corrected chi connectivity index (χ1v) is 14.0. The highest BCUT2D eigenvalue weighted by atomic mass is 35.7. The van der Waals surface area contributed by atoms with E-state index < -0.39 is 34.6 Å². The largest absolute Gasteiger partial charge is 0.285 e. The Labute approximate surface area is 201 Å². The molecule has 17 heteroatoms. The van der Waals surface area contributed by atoms with Crippen molar-refractivity contribution in [2.24, 2.45) is 16.6 Å². The third-order valence-corrected chi connectivity index (χ3v) is 7.81. The van der Waals surface area contributed by atoms with Crippen molar-refractivity contribution in [3.8, 4) is 5.69 Å². The Balaban J connectivity index is 0.000000739. The topological polar surface area (TPSA) is 221 Å². The number of aryl methyl sites for hydroxylation is 4. The van der Waals surface area contributed by atoms with Crippen LogP contribution in [0.15, 0.2) is 50.0 Å². The van der Waals surface area contributed by atoms with Crippen LogP contribution < -0.4 is 33.1 Å². The second-order valence-corrected chi connectivity index (χ2v) is 12.0. The monoisotopic (exact) mass is 553 g/mol. The van der Waals surface area contributed by atoms with Gasteiger partial charge in [-0.05, 0) is 24.6 Å². The number of nitrogens with two attached hydrogens (primary N) is 1. The first-order valence-electron chi connectivity index (χ1n) is 8.98. The molecule has 0 saturated heterocycles. The predicted molar refractivity (Wildman–Crippen MR) is 107 cm³/mol. The van der Waals surface area contributed by atoms with Gasteiger partial charge in [0.15, 0.2) is 11.4 Å². The smallest absolute Gasteiger partial charge is 0.239 e. The van der Waals surface area contributed by atoms with Crippen LogP contribution >= 0.6 is 11.3 Å². The minimum atomic E-state index is -4.94. The zero-order valence-electron chi connectivity index (χ0n) is 18.2. The van der Waals surface area contributed by atoms with E-state index in [2.05, 4.69) is 9.50 Å². The number of nitrogens with zero attached hydrogens (tertiary/aromatic N) is 4. The molecular weight excluding hydrogens is 534 g/mol. The molecule has 186 valence electrons. The summed E-state index contributed by atoms with van der Waals surface area (Å²) < 4.78 is 88.4. The molecule has 34 heavy (non-hydrogen) atoms. The number of primary sulfonamides is 1. The molecule has 0 aliphatic rings. The average Bonchev–Trinajstić information content (AvgIpc) is 3.00. The maximum absolute atomic E-state index is 12.7. The fourth-order valence-electron chi connectivity index (χ4n) is 2.96. The van der Waals surface area contributed by atoms with Crippen molar-refractivity contribution in [1.29, 1.82) is 0 Å². The number of aromatic nitrogens is 3. The van der Waals surface area contributed by atoms with Crippen molar-refractivity contribution < 1.29 is 50.3 Å². The Kier molecular flexibility index (Phi) is 8.34. The van der Waals surface area contributed by atoms with E-state index in [1.807, 2.05) is 37.5 Å². The number of rotatable bonds is 4. The third kappa shape index (κ3) is 7.62. The van der Waals surface area contributed by atoms with Gasteiger partial charge in [0.05, 0.1) is 4.90 Å². The van der Waals surface area contributed by atoms with Gasteiger partial charge in [-0.2, -0.15) is 13.0 Å². The first-order chi connectivity index (χ1) is 15.4. The third-order valence-electron chi connectivity index (χ3n) is 4.10. The molecule has 0 saturated carbocycles. The molecule has 2 aromatic heterocycles. The molecule has 3 aromatic rings. The van der Waals surface area contributed by atoms with Gasteiger partial charge in [-0.1, -0.05) is 11.3 Å². The van der Waals surface area contributed by atoms with Crippen LogP contribution in [-0.2, 0) is 27.1 Å². The highest BCUT2D eigenvalue weighted by molar-refractivity contribution is 7.91. The number of pyridine rings is 1. The fraction of sp³-hybridized carbons (Fsp3) is 0.235. The summed E-state index contributed by atoms with van der Waals surface area (Å²) in [5.74, 6) is 0. The van der Waals surface area contributed by atoms with E-state index in [1.165, 1.54) is 19.2 Å². The van der Waals surface area contributed by atoms with E-state index >= 15 is 0 Å². The minimum absolute atomic E-state index is 0.0187. The Morgan fingerprint density at radius 2 is 1.47 bits per heavy atom. The molecule has 0 unspecified atom stereocenters. The van der Waals surface area contributed by atoms with Crippen LogP contribution in [0.4, 0.5) is 0 Å². The lowest BCUT2D eigenvalue weighted by atomic mass is 10.2. The minimum Gasteiger partial charge on any atom is -0.239 e. The summed E-state index contributed by atoms with van der Waals surface area (Å²) in [6.07, 6.45) is 0. The number of sulfonamides is 2. The maximum atomic E-state index is 12.7. The van der Waals surface area contributed by atoms with Crippen LogP contribution in [0.25, 0.3) is 5.69 Å². The van der Waals surface area contributed by atoms with E-state index in [-0.39, 0.29) is 9.70 Å². The summed E-state index contributed by atoms with van der Waals surface area (Å²) in [6.45, 7) is 5.97. The summed E-state index contributed by atoms with van der Waals surface area (Å²) in [6, 6.07) is 10.4. The lowest BCUT2D eigenvalue weighted by Gasteiger charge is -2.17. The lowest BCUT2D eigenvalue weighted by Crippen LogP contribution is -2.68. The Morgan fingerprint density at radius 1 is 1.00 bits per heavy atom. The van der Waals surface area contributed by atoms with Crippen LogP contribution in [0.3, 0.4) is 0 Å². The number of halogens is 1. The molecule has 0 aliphatic heterocycles. The van der Waals surface area contributed by atoms with Crippen molar-refractivity contribution in [3.63, 3.8) is 0 Å². The van der Waals surface area contributed by atoms with Crippen molar-refractivity contribution in [2.75, 3.05) is 0 Å². The molecule has 0 amide bonds. The molecule has 13 nitrogen and oxygen atoms in total. The molecule has 0 bridgehead atoms. The van der Waals surface area contributed by atoms with E-state index in [9.17, 15) is 16.8 Å². The Hall–Kier alpha value is -2.28. The van der Waals surface area contributed by atoms with E-state index in [1.54, 1.807) is 12.1 Å². The van der Waals surface area contributed by atoms with Crippen molar-refractivity contribution in [1.82, 2.24) is 9.78 Å². The van der Waals surface area contributed by atoms with Gasteiger partial charge in [0.1, 0.15) is 0 Å². The zero-order valence-corrected chi connectivity index (χ0v) is 21.4. The van der Waals surface area contributed by atoms with E-state index in [4.69, 9.17) is 23.8 Å². The molecule has 0 radical (unpaired) electrons. The molecule has 0 fully saturated rings. The van der Waals surface area contributed by atoms with Crippen LogP contribution in [0.5, 0.6) is 0 Å². The van der Waals surface area contributed by atoms with Gasteiger partial charge in [-0.15, -0.1) is 19.7 Å². The highest BCUT2D eigenvalue weighted by Crippen LogP contribution is 2.15. The molecule has 0 atom stereocenters. The standard InChI is InChI=1S/C17H20N5O4S3.ClHO4/c1-11-9-12(2)22(13(3)10-11)14-5-7-15(8-6-14)29(25,26)20-16-21(4)19-17(27-16)28(18,23)24;2-1(3,4)5/h5-10H,1-4H3,(H2,18,23,24);(H,2,3,4,5)/q+1;/p-1/b20-16-;. The second kappa shape index (κ2) is 10.1. The molecule has 1 aromatic carbocycles. The van der Waals surface area contributed by atoms with Gasteiger partial charge in [-0.3, -0.25) is 0 Å². The molecule has 3 rings (SSSR count). The highest BCUT2D eigenvalue weighted by Gasteiger charge is 2.20. The normalized spacial score (nSPS) is 12.9. The van der Waals surface area contributed by atoms with Gasteiger partial charge in [0.25, 0.3) is 20.0 Å². The molecular formula is C17H20ClN5O8S3. The summed E-state index contributed by atoms with van der Waals surface area (Å²) in [4.78, 5) is -0.118.